The van der Waals surface area contributed by atoms with Gasteiger partial charge in [0.25, 0.3) is 5.91 Å². The molecule has 1 atom stereocenters. The highest BCUT2D eigenvalue weighted by molar-refractivity contribution is 6.29. The second-order valence-corrected chi connectivity index (χ2v) is 6.24. The van der Waals surface area contributed by atoms with E-state index in [1.165, 1.54) is 0 Å². The lowest BCUT2D eigenvalue weighted by molar-refractivity contribution is 0.0554. The molecule has 0 N–H and O–H groups in total. The number of amides is 1. The molecule has 1 aliphatic rings. The van der Waals surface area contributed by atoms with Crippen molar-refractivity contribution in [2.24, 2.45) is 5.41 Å². The molecule has 2 nitrogen and oxygen atoms in total. The number of likely N-dealkylation sites (tertiary alicyclic amines) is 1. The van der Waals surface area contributed by atoms with Crippen LogP contribution in [-0.2, 0) is 0 Å². The summed E-state index contributed by atoms with van der Waals surface area (Å²) < 4.78 is 0. The van der Waals surface area contributed by atoms with E-state index in [4.69, 9.17) is 11.6 Å². The summed E-state index contributed by atoms with van der Waals surface area (Å²) in [6.45, 7) is 7.56. The first-order valence-corrected chi connectivity index (χ1v) is 7.06. The van der Waals surface area contributed by atoms with Crippen molar-refractivity contribution in [2.75, 3.05) is 13.1 Å². The van der Waals surface area contributed by atoms with Crippen LogP contribution in [0.2, 0.25) is 0 Å². The van der Waals surface area contributed by atoms with Gasteiger partial charge in [0, 0.05) is 23.7 Å². The zero-order chi connectivity index (χ0) is 13.9. The van der Waals surface area contributed by atoms with Crippen LogP contribution in [0, 0.1) is 5.41 Å². The van der Waals surface area contributed by atoms with Crippen molar-refractivity contribution in [3.63, 3.8) is 0 Å². The molecule has 1 amide bonds. The standard InChI is InChI=1S/C16H20ClNO/c1-13(17)11-16(2)9-6-10-18(12-16)15(19)14-7-4-3-5-8-14/h3-5,7-8H,1,6,9-12H2,2H3. The highest BCUT2D eigenvalue weighted by Gasteiger charge is 2.33. The summed E-state index contributed by atoms with van der Waals surface area (Å²) in [5, 5.41) is 0.677. The fourth-order valence-corrected chi connectivity index (χ4v) is 3.18. The average molecular weight is 278 g/mol. The Bertz CT molecular complexity index is 471. The van der Waals surface area contributed by atoms with E-state index in [1.54, 1.807) is 0 Å². The lowest BCUT2D eigenvalue weighted by Gasteiger charge is -2.40. The largest absolute Gasteiger partial charge is 0.338 e. The van der Waals surface area contributed by atoms with Gasteiger partial charge in [-0.05, 0) is 36.8 Å². The Hall–Kier alpha value is -1.28. The summed E-state index contributed by atoms with van der Waals surface area (Å²) in [7, 11) is 0. The van der Waals surface area contributed by atoms with Gasteiger partial charge in [-0.3, -0.25) is 4.79 Å². The molecule has 102 valence electrons. The molecular weight excluding hydrogens is 258 g/mol. The number of rotatable bonds is 3. The minimum absolute atomic E-state index is 0.0571. The van der Waals surface area contributed by atoms with Gasteiger partial charge in [-0.2, -0.15) is 0 Å². The summed E-state index contributed by atoms with van der Waals surface area (Å²) in [6, 6.07) is 9.46. The first-order valence-electron chi connectivity index (χ1n) is 6.68. The van der Waals surface area contributed by atoms with Gasteiger partial charge in [0.15, 0.2) is 0 Å². The Morgan fingerprint density at radius 1 is 1.42 bits per heavy atom. The van der Waals surface area contributed by atoms with Crippen molar-refractivity contribution in [3.8, 4) is 0 Å². The van der Waals surface area contributed by atoms with Gasteiger partial charge in [0.2, 0.25) is 0 Å². The molecule has 1 saturated heterocycles. The van der Waals surface area contributed by atoms with Gasteiger partial charge >= 0.3 is 0 Å². The van der Waals surface area contributed by atoms with Crippen molar-refractivity contribution in [3.05, 3.63) is 47.5 Å². The summed E-state index contributed by atoms with van der Waals surface area (Å²) in [4.78, 5) is 14.4. The lowest BCUT2D eigenvalue weighted by Crippen LogP contribution is -2.44. The van der Waals surface area contributed by atoms with Crippen molar-refractivity contribution < 1.29 is 4.79 Å². The Kier molecular flexibility index (Phi) is 4.31. The molecule has 1 heterocycles. The number of allylic oxidation sites excluding steroid dienone is 1. The normalized spacial score (nSPS) is 23.2. The molecule has 0 saturated carbocycles. The van der Waals surface area contributed by atoms with Crippen molar-refractivity contribution >= 4 is 17.5 Å². The number of halogens is 1. The van der Waals surface area contributed by atoms with Crippen molar-refractivity contribution in [2.45, 2.75) is 26.2 Å². The topological polar surface area (TPSA) is 20.3 Å². The van der Waals surface area contributed by atoms with Crippen molar-refractivity contribution in [1.82, 2.24) is 4.90 Å². The summed E-state index contributed by atoms with van der Waals surface area (Å²) in [5.74, 6) is 0.117. The smallest absolute Gasteiger partial charge is 0.253 e. The number of carbonyl (C=O) groups excluding carboxylic acids is 1. The zero-order valence-electron chi connectivity index (χ0n) is 11.4. The van der Waals surface area contributed by atoms with E-state index in [-0.39, 0.29) is 11.3 Å². The van der Waals surface area contributed by atoms with Gasteiger partial charge in [0.1, 0.15) is 0 Å². The van der Waals surface area contributed by atoms with Gasteiger partial charge < -0.3 is 4.90 Å². The van der Waals surface area contributed by atoms with Crippen LogP contribution in [0.1, 0.15) is 36.5 Å². The predicted molar refractivity (Wildman–Crippen MR) is 79.3 cm³/mol. The van der Waals surface area contributed by atoms with E-state index in [0.29, 0.717) is 5.03 Å². The quantitative estimate of drug-likeness (QED) is 0.815. The maximum absolute atomic E-state index is 12.4. The molecule has 19 heavy (non-hydrogen) atoms. The Balaban J connectivity index is 2.09. The van der Waals surface area contributed by atoms with Crippen LogP contribution in [0.25, 0.3) is 0 Å². The third-order valence-corrected chi connectivity index (χ3v) is 3.84. The summed E-state index contributed by atoms with van der Waals surface area (Å²) >= 11 is 5.95. The number of carbonyl (C=O) groups is 1. The van der Waals surface area contributed by atoms with E-state index in [2.05, 4.69) is 13.5 Å². The van der Waals surface area contributed by atoms with Crippen molar-refractivity contribution in [1.29, 1.82) is 0 Å². The van der Waals surface area contributed by atoms with Crippen LogP contribution in [-0.4, -0.2) is 23.9 Å². The molecular formula is C16H20ClNO. The van der Waals surface area contributed by atoms with Crippen LogP contribution in [0.15, 0.2) is 41.9 Å². The van der Waals surface area contributed by atoms with E-state index in [1.807, 2.05) is 35.2 Å². The van der Waals surface area contributed by atoms with E-state index >= 15 is 0 Å². The van der Waals surface area contributed by atoms with Crippen LogP contribution < -0.4 is 0 Å². The fourth-order valence-electron chi connectivity index (χ4n) is 2.86. The summed E-state index contributed by atoms with van der Waals surface area (Å²) in [5.41, 5.74) is 0.818. The van der Waals surface area contributed by atoms with Crippen LogP contribution >= 0.6 is 11.6 Å². The van der Waals surface area contributed by atoms with E-state index in [9.17, 15) is 4.79 Å². The van der Waals surface area contributed by atoms with Crippen LogP contribution in [0.5, 0.6) is 0 Å². The zero-order valence-corrected chi connectivity index (χ0v) is 12.1. The second kappa shape index (κ2) is 5.79. The molecule has 1 aliphatic heterocycles. The van der Waals surface area contributed by atoms with E-state index in [0.717, 1.165) is 37.9 Å². The number of hydrogen-bond donors (Lipinski definition) is 0. The molecule has 0 aliphatic carbocycles. The van der Waals surface area contributed by atoms with Crippen LogP contribution in [0.4, 0.5) is 0 Å². The Morgan fingerprint density at radius 2 is 2.11 bits per heavy atom. The maximum atomic E-state index is 12.4. The minimum atomic E-state index is 0.0571. The molecule has 1 aromatic carbocycles. The summed E-state index contributed by atoms with van der Waals surface area (Å²) in [6.07, 6.45) is 2.89. The Morgan fingerprint density at radius 3 is 2.74 bits per heavy atom. The number of nitrogens with zero attached hydrogens (tertiary/aromatic N) is 1. The highest BCUT2D eigenvalue weighted by Crippen LogP contribution is 2.36. The molecule has 0 aromatic heterocycles. The van der Waals surface area contributed by atoms with Crippen LogP contribution in [0.3, 0.4) is 0 Å². The average Bonchev–Trinajstić information content (AvgIpc) is 2.37. The SMILES string of the molecule is C=C(Cl)CC1(C)CCCN(C(=O)c2ccccc2)C1. The van der Waals surface area contributed by atoms with Gasteiger partial charge in [-0.25, -0.2) is 0 Å². The molecule has 1 fully saturated rings. The second-order valence-electron chi connectivity index (χ2n) is 5.70. The van der Waals surface area contributed by atoms with Gasteiger partial charge in [-0.1, -0.05) is 43.3 Å². The molecule has 2 rings (SSSR count). The molecule has 0 bridgehead atoms. The predicted octanol–water partition coefficient (Wildman–Crippen LogP) is 4.07. The lowest BCUT2D eigenvalue weighted by atomic mass is 9.79. The monoisotopic (exact) mass is 277 g/mol. The third-order valence-electron chi connectivity index (χ3n) is 3.71. The highest BCUT2D eigenvalue weighted by atomic mass is 35.5. The maximum Gasteiger partial charge on any atom is 0.253 e. The fraction of sp³-hybridized carbons (Fsp3) is 0.438. The van der Waals surface area contributed by atoms with E-state index < -0.39 is 0 Å². The van der Waals surface area contributed by atoms with Gasteiger partial charge in [0.05, 0.1) is 0 Å². The Labute approximate surface area is 120 Å². The molecule has 1 unspecified atom stereocenters. The number of hydrogen-bond acceptors (Lipinski definition) is 1. The first-order chi connectivity index (χ1) is 9.00. The van der Waals surface area contributed by atoms with Gasteiger partial charge in [-0.15, -0.1) is 0 Å². The number of benzene rings is 1. The molecule has 0 radical (unpaired) electrons. The number of piperidine rings is 1. The molecule has 1 aromatic rings. The minimum Gasteiger partial charge on any atom is -0.338 e. The molecule has 0 spiro atoms. The molecule has 3 heteroatoms. The first kappa shape index (κ1) is 14.1. The third kappa shape index (κ3) is 3.60.